The summed E-state index contributed by atoms with van der Waals surface area (Å²) in [7, 11) is 2.75. The summed E-state index contributed by atoms with van der Waals surface area (Å²) in [6, 6.07) is 0. The molecular weight excluding hydrogens is 96.1 g/mol. The van der Waals surface area contributed by atoms with Crippen molar-refractivity contribution in [3.05, 3.63) is 0 Å². The van der Waals surface area contributed by atoms with Gasteiger partial charge in [-0.05, 0) is 6.42 Å². The highest BCUT2D eigenvalue weighted by Gasteiger charge is 1.77. The van der Waals surface area contributed by atoms with E-state index in [1.807, 2.05) is 0 Å². The van der Waals surface area contributed by atoms with E-state index in [9.17, 15) is 5.11 Å². The molecule has 0 heterocycles. The zero-order valence-electron chi connectivity index (χ0n) is 3.44. The fraction of sp³-hybridized carbons (Fsp3) is 1.00. The van der Waals surface area contributed by atoms with Gasteiger partial charge in [-0.1, -0.05) is 0 Å². The molecule has 0 unspecified atom stereocenters. The molecule has 6 heavy (non-hydrogen) atoms. The average molecular weight is 102 g/mol. The summed E-state index contributed by atoms with van der Waals surface area (Å²) in [5.74, 6) is 0. The first kappa shape index (κ1) is 6.14. The Hall–Kier alpha value is 0.137. The van der Waals surface area contributed by atoms with E-state index in [0.29, 0.717) is 13.0 Å². The van der Waals surface area contributed by atoms with Crippen LogP contribution in [0.3, 0.4) is 0 Å². The maximum atomic E-state index is 9.59. The summed E-state index contributed by atoms with van der Waals surface area (Å²) in [6.45, 7) is 0.463. The first-order valence-electron chi connectivity index (χ1n) is 1.78. The molecule has 0 rings (SSSR count). The summed E-state index contributed by atoms with van der Waals surface area (Å²) in [5, 5.41) is 9.59. The fourth-order valence-corrected chi connectivity index (χ4v) is 0.275. The van der Waals surface area contributed by atoms with Crippen molar-refractivity contribution >= 4 is 10.5 Å². The second kappa shape index (κ2) is 5.14. The van der Waals surface area contributed by atoms with Gasteiger partial charge in [0, 0.05) is 6.61 Å². The smallest absolute Gasteiger partial charge is 0.246 e. The Morgan fingerprint density at radius 3 is 2.50 bits per heavy atom. The highest BCUT2D eigenvalue weighted by Crippen LogP contribution is 1.73. The van der Waals surface area contributed by atoms with Crippen molar-refractivity contribution in [2.24, 2.45) is 0 Å². The number of hydrogen-bond acceptors (Lipinski definition) is 1. The zero-order chi connectivity index (χ0) is 4.83. The van der Waals surface area contributed by atoms with Crippen LogP contribution in [0.1, 0.15) is 6.42 Å². The van der Waals surface area contributed by atoms with Crippen molar-refractivity contribution < 1.29 is 9.53 Å². The Kier molecular flexibility index (Phi) is 5.25. The Balaban J connectivity index is 2.34. The van der Waals surface area contributed by atoms with E-state index in [4.69, 9.17) is 0 Å². The molecule has 3 heteroatoms. The van der Waals surface area contributed by atoms with Crippen LogP contribution in [-0.4, -0.2) is 23.7 Å². The molecule has 0 fully saturated rings. The Bertz CT molecular complexity index is 20.8. The summed E-state index contributed by atoms with van der Waals surface area (Å²) >= 11 is 0. The summed E-state index contributed by atoms with van der Waals surface area (Å²) in [6.07, 6.45) is 0.587. The molecule has 0 aromatic heterocycles. The Morgan fingerprint density at radius 2 is 2.33 bits per heavy atom. The van der Waals surface area contributed by atoms with Crippen LogP contribution in [0.2, 0.25) is 0 Å². The molecule has 0 amide bonds. The molecule has 0 aromatic carbocycles. The van der Waals surface area contributed by atoms with Crippen LogP contribution in [0.5, 0.6) is 0 Å². The lowest BCUT2D eigenvalue weighted by molar-refractivity contribution is 0.168. The topological polar surface area (TPSA) is 29.1 Å². The molecule has 2 nitrogen and oxygen atoms in total. The molecule has 0 N–H and O–H groups in total. The predicted molar refractivity (Wildman–Crippen MR) is 21.9 cm³/mol. The van der Waals surface area contributed by atoms with Gasteiger partial charge in [-0.25, -0.2) is 5.11 Å². The van der Waals surface area contributed by atoms with Crippen molar-refractivity contribution in [3.63, 3.8) is 0 Å². The van der Waals surface area contributed by atoms with Crippen LogP contribution in [0.15, 0.2) is 0 Å². The normalized spacial score (nSPS) is 9.00. The Morgan fingerprint density at radius 1 is 1.67 bits per heavy atom. The van der Waals surface area contributed by atoms with Crippen LogP contribution < -0.4 is 0 Å². The molecule has 0 saturated carbocycles. The molecule has 4 radical (unpaired) electrons. The van der Waals surface area contributed by atoms with E-state index < -0.39 is 0 Å². The third-order valence-electron chi connectivity index (χ3n) is 0.391. The second-order valence-electron chi connectivity index (χ2n) is 0.906. The standard InChI is InChI=1S/C3H6O2Si/c4-2-1-3-5-6/h1-3H2. The van der Waals surface area contributed by atoms with Crippen molar-refractivity contribution in [3.8, 4) is 0 Å². The average Bonchev–Trinajstić information content (AvgIpc) is 1.61. The summed E-state index contributed by atoms with van der Waals surface area (Å²) < 4.78 is 4.39. The van der Waals surface area contributed by atoms with E-state index in [0.717, 1.165) is 0 Å². The van der Waals surface area contributed by atoms with Crippen molar-refractivity contribution in [1.29, 1.82) is 0 Å². The predicted octanol–water partition coefficient (Wildman–Crippen LogP) is -0.0929. The maximum Gasteiger partial charge on any atom is 0.246 e. The highest BCUT2D eigenvalue weighted by molar-refractivity contribution is 5.97. The van der Waals surface area contributed by atoms with Gasteiger partial charge >= 0.3 is 0 Å². The van der Waals surface area contributed by atoms with Gasteiger partial charge in [0.1, 0.15) is 0 Å². The highest BCUT2D eigenvalue weighted by atomic mass is 28.2. The van der Waals surface area contributed by atoms with Crippen LogP contribution in [0, 0.1) is 0 Å². The van der Waals surface area contributed by atoms with Gasteiger partial charge in [0.05, 0.1) is 6.61 Å². The van der Waals surface area contributed by atoms with Crippen molar-refractivity contribution in [2.75, 3.05) is 13.2 Å². The molecule has 0 aliphatic rings. The maximum absolute atomic E-state index is 9.59. The van der Waals surface area contributed by atoms with Gasteiger partial charge in [0.25, 0.3) is 0 Å². The van der Waals surface area contributed by atoms with Crippen LogP contribution >= 0.6 is 0 Å². The van der Waals surface area contributed by atoms with E-state index in [1.165, 1.54) is 0 Å². The van der Waals surface area contributed by atoms with Crippen molar-refractivity contribution in [1.82, 2.24) is 0 Å². The van der Waals surface area contributed by atoms with Gasteiger partial charge in [0.15, 0.2) is 0 Å². The molecule has 0 aliphatic heterocycles. The lowest BCUT2D eigenvalue weighted by Gasteiger charge is -1.87. The van der Waals surface area contributed by atoms with Gasteiger partial charge in [-0.3, -0.25) is 0 Å². The third kappa shape index (κ3) is 4.14. The minimum Gasteiger partial charge on any atom is -0.419 e. The van der Waals surface area contributed by atoms with Crippen LogP contribution in [0.4, 0.5) is 0 Å². The number of rotatable bonds is 3. The molecular formula is C3H6O2Si. The third-order valence-corrected chi connectivity index (χ3v) is 0.595. The van der Waals surface area contributed by atoms with Crippen molar-refractivity contribution in [2.45, 2.75) is 6.42 Å². The summed E-state index contributed by atoms with van der Waals surface area (Å²) in [4.78, 5) is 0. The van der Waals surface area contributed by atoms with Gasteiger partial charge in [0.2, 0.25) is 10.5 Å². The quantitative estimate of drug-likeness (QED) is 0.361. The van der Waals surface area contributed by atoms with Crippen LogP contribution in [-0.2, 0) is 9.53 Å². The molecule has 0 bridgehead atoms. The van der Waals surface area contributed by atoms with E-state index >= 15 is 0 Å². The molecule has 0 aliphatic carbocycles. The van der Waals surface area contributed by atoms with Gasteiger partial charge < -0.3 is 4.43 Å². The minimum absolute atomic E-state index is 0.0511. The van der Waals surface area contributed by atoms with E-state index in [-0.39, 0.29) is 6.61 Å². The molecule has 0 spiro atoms. The molecule has 0 atom stereocenters. The lowest BCUT2D eigenvalue weighted by Crippen LogP contribution is -1.90. The molecule has 0 aromatic rings. The second-order valence-corrected chi connectivity index (χ2v) is 1.19. The van der Waals surface area contributed by atoms with Gasteiger partial charge in [-0.2, -0.15) is 0 Å². The van der Waals surface area contributed by atoms with Crippen LogP contribution in [0.25, 0.3) is 0 Å². The van der Waals surface area contributed by atoms with Gasteiger partial charge in [-0.15, -0.1) is 0 Å². The zero-order valence-corrected chi connectivity index (χ0v) is 4.44. The van der Waals surface area contributed by atoms with E-state index in [2.05, 4.69) is 14.9 Å². The van der Waals surface area contributed by atoms with E-state index in [1.54, 1.807) is 0 Å². The monoisotopic (exact) mass is 102 g/mol. The summed E-state index contributed by atoms with van der Waals surface area (Å²) in [5.41, 5.74) is 0. The Labute approximate surface area is 40.7 Å². The lowest BCUT2D eigenvalue weighted by atomic mass is 10.5. The molecule has 34 valence electrons. The number of hydrogen-bond donors (Lipinski definition) is 0. The minimum atomic E-state index is -0.0511. The SMILES string of the molecule is [O]CCCO[Si]. The fourth-order valence-electron chi connectivity index (χ4n) is 0.131. The molecule has 0 saturated heterocycles. The largest absolute Gasteiger partial charge is 0.419 e. The first-order valence-corrected chi connectivity index (χ1v) is 2.19. The first-order chi connectivity index (χ1) is 2.91.